The van der Waals surface area contributed by atoms with E-state index in [1.807, 2.05) is 31.2 Å². The molecule has 2 N–H and O–H groups in total. The molecule has 1 unspecified atom stereocenters. The van der Waals surface area contributed by atoms with Gasteiger partial charge in [-0.1, -0.05) is 34.1 Å². The molecule has 20 heavy (non-hydrogen) atoms. The molecule has 3 heteroatoms. The summed E-state index contributed by atoms with van der Waals surface area (Å²) < 4.78 is 1.04. The summed E-state index contributed by atoms with van der Waals surface area (Å²) in [5.41, 5.74) is 4.08. The molecule has 2 nitrogen and oxygen atoms in total. The summed E-state index contributed by atoms with van der Waals surface area (Å²) in [4.78, 5) is 0. The van der Waals surface area contributed by atoms with Gasteiger partial charge in [-0.2, -0.15) is 0 Å². The fourth-order valence-corrected chi connectivity index (χ4v) is 2.40. The van der Waals surface area contributed by atoms with E-state index in [1.165, 1.54) is 11.1 Å². The van der Waals surface area contributed by atoms with E-state index in [4.69, 9.17) is 0 Å². The lowest BCUT2D eigenvalue weighted by Crippen LogP contribution is -2.35. The minimum absolute atomic E-state index is 0.0333. The number of aliphatic hydroxyl groups is 1. The van der Waals surface area contributed by atoms with Crippen molar-refractivity contribution in [1.82, 2.24) is 0 Å². The molecule has 0 aliphatic heterocycles. The van der Waals surface area contributed by atoms with Crippen molar-refractivity contribution in [3.05, 3.63) is 63.6 Å². The van der Waals surface area contributed by atoms with Crippen molar-refractivity contribution in [2.45, 2.75) is 26.3 Å². The zero-order valence-electron chi connectivity index (χ0n) is 12.1. The van der Waals surface area contributed by atoms with Gasteiger partial charge in [0, 0.05) is 10.2 Å². The Morgan fingerprint density at radius 2 is 1.70 bits per heavy atom. The Morgan fingerprint density at radius 3 is 2.25 bits per heavy atom. The highest BCUT2D eigenvalue weighted by atomic mass is 79.9. The van der Waals surface area contributed by atoms with E-state index in [-0.39, 0.29) is 6.61 Å². The van der Waals surface area contributed by atoms with E-state index in [1.54, 1.807) is 0 Å². The van der Waals surface area contributed by atoms with E-state index in [0.717, 1.165) is 15.7 Å². The third-order valence-corrected chi connectivity index (χ3v) is 4.25. The zero-order chi connectivity index (χ0) is 14.8. The molecule has 0 aromatic heterocycles. The molecule has 0 amide bonds. The molecule has 106 valence electrons. The molecule has 2 aromatic carbocycles. The fourth-order valence-electron chi connectivity index (χ4n) is 2.14. The van der Waals surface area contributed by atoms with Crippen molar-refractivity contribution >= 4 is 21.6 Å². The van der Waals surface area contributed by atoms with E-state index in [9.17, 15) is 5.11 Å². The maximum Gasteiger partial charge on any atom is 0.0828 e. The summed E-state index contributed by atoms with van der Waals surface area (Å²) in [5, 5.41) is 13.3. The van der Waals surface area contributed by atoms with Gasteiger partial charge in [0.05, 0.1) is 12.1 Å². The van der Waals surface area contributed by atoms with Crippen molar-refractivity contribution < 1.29 is 5.11 Å². The number of nitrogens with one attached hydrogen (secondary N) is 1. The van der Waals surface area contributed by atoms with Gasteiger partial charge >= 0.3 is 0 Å². The van der Waals surface area contributed by atoms with Gasteiger partial charge in [-0.15, -0.1) is 0 Å². The molecular weight excluding hydrogens is 314 g/mol. The Hall–Kier alpha value is -1.32. The molecule has 0 spiro atoms. The third kappa shape index (κ3) is 3.22. The maximum atomic E-state index is 9.84. The molecule has 1 atom stereocenters. The van der Waals surface area contributed by atoms with Crippen molar-refractivity contribution in [3.63, 3.8) is 0 Å². The summed E-state index contributed by atoms with van der Waals surface area (Å²) in [7, 11) is 0. The highest BCUT2D eigenvalue weighted by molar-refractivity contribution is 9.10. The summed E-state index contributed by atoms with van der Waals surface area (Å²) >= 11 is 3.43. The third-order valence-electron chi connectivity index (χ3n) is 3.72. The quantitative estimate of drug-likeness (QED) is 0.869. The van der Waals surface area contributed by atoms with Gasteiger partial charge in [-0.3, -0.25) is 0 Å². The molecule has 0 saturated carbocycles. The lowest BCUT2D eigenvalue weighted by atomic mass is 9.90. The Labute approximate surface area is 129 Å². The van der Waals surface area contributed by atoms with Crippen molar-refractivity contribution in [1.29, 1.82) is 0 Å². The maximum absolute atomic E-state index is 9.84. The van der Waals surface area contributed by atoms with Crippen molar-refractivity contribution in [3.8, 4) is 0 Å². The molecule has 2 rings (SSSR count). The van der Waals surface area contributed by atoms with Crippen LogP contribution in [0.5, 0.6) is 0 Å². The van der Waals surface area contributed by atoms with Crippen LogP contribution < -0.4 is 5.32 Å². The van der Waals surface area contributed by atoms with Gasteiger partial charge in [-0.25, -0.2) is 0 Å². The molecule has 2 aromatic rings. The minimum atomic E-state index is -0.494. The lowest BCUT2D eigenvalue weighted by Gasteiger charge is -2.31. The predicted molar refractivity (Wildman–Crippen MR) is 88.1 cm³/mol. The SMILES string of the molecule is Cc1ccc(C(C)(CO)Nc2ccc(Br)cc2)cc1C. The number of halogens is 1. The Bertz CT molecular complexity index is 594. The van der Waals surface area contributed by atoms with Gasteiger partial charge in [0.15, 0.2) is 0 Å². The van der Waals surface area contributed by atoms with Gasteiger partial charge in [0.2, 0.25) is 0 Å². The summed E-state index contributed by atoms with van der Waals surface area (Å²) in [6, 6.07) is 14.3. The first-order valence-corrected chi connectivity index (χ1v) is 7.46. The first-order valence-electron chi connectivity index (χ1n) is 6.67. The Kier molecular flexibility index (Phi) is 4.51. The largest absolute Gasteiger partial charge is 0.394 e. The number of benzene rings is 2. The van der Waals surface area contributed by atoms with Gasteiger partial charge in [0.1, 0.15) is 0 Å². The predicted octanol–water partition coefficient (Wildman–Crippen LogP) is 4.39. The van der Waals surface area contributed by atoms with Crippen LogP contribution >= 0.6 is 15.9 Å². The van der Waals surface area contributed by atoms with Crippen LogP contribution in [0.15, 0.2) is 46.9 Å². The van der Waals surface area contributed by atoms with Crippen LogP contribution in [0.1, 0.15) is 23.6 Å². The van der Waals surface area contributed by atoms with Crippen LogP contribution in [-0.4, -0.2) is 11.7 Å². The first kappa shape index (κ1) is 15.1. The molecule has 0 aliphatic carbocycles. The van der Waals surface area contributed by atoms with E-state index in [0.29, 0.717) is 0 Å². The van der Waals surface area contributed by atoms with Crippen LogP contribution in [0.3, 0.4) is 0 Å². The second-order valence-corrected chi connectivity index (χ2v) is 6.34. The minimum Gasteiger partial charge on any atom is -0.394 e. The molecule has 0 bridgehead atoms. The average molecular weight is 334 g/mol. The molecule has 0 radical (unpaired) electrons. The summed E-state index contributed by atoms with van der Waals surface area (Å²) in [6.07, 6.45) is 0. The smallest absolute Gasteiger partial charge is 0.0828 e. The monoisotopic (exact) mass is 333 g/mol. The highest BCUT2D eigenvalue weighted by Crippen LogP contribution is 2.28. The van der Waals surface area contributed by atoms with E-state index >= 15 is 0 Å². The van der Waals surface area contributed by atoms with Crippen LogP contribution in [0.25, 0.3) is 0 Å². The van der Waals surface area contributed by atoms with Gasteiger partial charge in [-0.05, 0) is 61.7 Å². The topological polar surface area (TPSA) is 32.3 Å². The average Bonchev–Trinajstić information content (AvgIpc) is 2.44. The second-order valence-electron chi connectivity index (χ2n) is 5.42. The highest BCUT2D eigenvalue weighted by Gasteiger charge is 2.25. The van der Waals surface area contributed by atoms with Crippen LogP contribution in [0, 0.1) is 13.8 Å². The van der Waals surface area contributed by atoms with Crippen LogP contribution in [-0.2, 0) is 5.54 Å². The number of aryl methyl sites for hydroxylation is 2. The Balaban J connectivity index is 2.32. The number of anilines is 1. The van der Waals surface area contributed by atoms with E-state index < -0.39 is 5.54 Å². The molecule has 0 fully saturated rings. The molecule has 0 saturated heterocycles. The molecule has 0 heterocycles. The summed E-state index contributed by atoms with van der Waals surface area (Å²) in [5.74, 6) is 0. The van der Waals surface area contributed by atoms with Gasteiger partial charge < -0.3 is 10.4 Å². The van der Waals surface area contributed by atoms with Crippen molar-refractivity contribution in [2.24, 2.45) is 0 Å². The molecular formula is C17H20BrNO. The van der Waals surface area contributed by atoms with Crippen LogP contribution in [0.4, 0.5) is 5.69 Å². The number of aliphatic hydroxyl groups excluding tert-OH is 1. The number of rotatable bonds is 4. The second kappa shape index (κ2) is 5.98. The number of hydrogen-bond acceptors (Lipinski definition) is 2. The Morgan fingerprint density at radius 1 is 1.05 bits per heavy atom. The van der Waals surface area contributed by atoms with Crippen LogP contribution in [0.2, 0.25) is 0 Å². The number of hydrogen-bond donors (Lipinski definition) is 2. The zero-order valence-corrected chi connectivity index (χ0v) is 13.7. The standard InChI is InChI=1S/C17H20BrNO/c1-12-4-5-14(10-13(12)2)17(3,11-20)19-16-8-6-15(18)7-9-16/h4-10,19-20H,11H2,1-3H3. The van der Waals surface area contributed by atoms with E-state index in [2.05, 4.69) is 53.3 Å². The lowest BCUT2D eigenvalue weighted by molar-refractivity contribution is 0.224. The van der Waals surface area contributed by atoms with Gasteiger partial charge in [0.25, 0.3) is 0 Å². The fraction of sp³-hybridized carbons (Fsp3) is 0.294. The van der Waals surface area contributed by atoms with Crippen molar-refractivity contribution in [2.75, 3.05) is 11.9 Å². The first-order chi connectivity index (χ1) is 9.44. The molecule has 0 aliphatic rings. The summed E-state index contributed by atoms with van der Waals surface area (Å²) in [6.45, 7) is 6.23. The normalized spacial score (nSPS) is 13.8.